The average molecular weight is 247 g/mol. The third-order valence-electron chi connectivity index (χ3n) is 2.83. The van der Waals surface area contributed by atoms with E-state index in [9.17, 15) is 9.18 Å². The molecular weight excluding hydrogens is 238 g/mol. The van der Waals surface area contributed by atoms with E-state index in [0.717, 1.165) is 0 Å². The van der Waals surface area contributed by atoms with Crippen molar-refractivity contribution >= 4 is 29.0 Å². The Morgan fingerprint density at radius 1 is 1.47 bits per heavy atom. The van der Waals surface area contributed by atoms with Crippen LogP contribution in [0.5, 0.6) is 0 Å². The highest BCUT2D eigenvalue weighted by Crippen LogP contribution is 2.50. The Morgan fingerprint density at radius 3 is 2.53 bits per heavy atom. The summed E-state index contributed by atoms with van der Waals surface area (Å²) in [6, 6.07) is 4.62. The summed E-state index contributed by atoms with van der Waals surface area (Å²) in [7, 11) is 0. The van der Waals surface area contributed by atoms with Crippen molar-refractivity contribution in [1.82, 2.24) is 0 Å². The molecule has 1 saturated carbocycles. The first kappa shape index (κ1) is 10.9. The topological polar surface area (TPSA) is 17.1 Å². The number of alkyl halides is 1. The number of carbonyl (C=O) groups excluding carboxylic acids is 1. The summed E-state index contributed by atoms with van der Waals surface area (Å²) in [4.78, 5) is 11.9. The molecule has 0 saturated heterocycles. The Hall–Kier alpha value is -0.600. The number of hydrogen-bond donors (Lipinski definition) is 0. The monoisotopic (exact) mass is 246 g/mol. The molecule has 0 aliphatic heterocycles. The molecule has 80 valence electrons. The van der Waals surface area contributed by atoms with Gasteiger partial charge in [0.25, 0.3) is 0 Å². The fourth-order valence-electron chi connectivity index (χ4n) is 1.52. The summed E-state index contributed by atoms with van der Waals surface area (Å²) in [5, 5.41) is 0.716. The first-order chi connectivity index (χ1) is 6.95. The zero-order chi connectivity index (χ0) is 11.2. The molecule has 0 N–H and O–H groups in total. The van der Waals surface area contributed by atoms with Crippen LogP contribution in [0, 0.1) is 5.41 Å². The molecule has 1 aromatic rings. The summed E-state index contributed by atoms with van der Waals surface area (Å²) < 4.78 is 13.0. The van der Waals surface area contributed by atoms with Crippen molar-refractivity contribution in [2.24, 2.45) is 5.41 Å². The minimum atomic E-state index is -1.03. The third-order valence-corrected chi connectivity index (χ3v) is 3.57. The van der Waals surface area contributed by atoms with Gasteiger partial charge in [-0.05, 0) is 31.5 Å². The number of Topliss-reactive ketones (excluding diaryl/α,β-unsaturated/α-hetero) is 1. The summed E-state index contributed by atoms with van der Waals surface area (Å²) in [5.74, 6) is -0.200. The van der Waals surface area contributed by atoms with E-state index in [4.69, 9.17) is 23.2 Å². The molecule has 2 rings (SSSR count). The number of ketones is 1. The molecule has 2 unspecified atom stereocenters. The van der Waals surface area contributed by atoms with Crippen molar-refractivity contribution in [3.8, 4) is 0 Å². The van der Waals surface area contributed by atoms with Crippen molar-refractivity contribution in [1.29, 1.82) is 0 Å². The van der Waals surface area contributed by atoms with Crippen molar-refractivity contribution in [3.63, 3.8) is 0 Å². The number of benzene rings is 1. The highest BCUT2D eigenvalue weighted by Gasteiger charge is 2.57. The first-order valence-electron chi connectivity index (χ1n) is 4.59. The normalized spacial score (nSPS) is 28.9. The molecule has 1 fully saturated rings. The molecule has 15 heavy (non-hydrogen) atoms. The Balaban J connectivity index is 2.31. The van der Waals surface area contributed by atoms with Crippen LogP contribution in [0.3, 0.4) is 0 Å². The van der Waals surface area contributed by atoms with E-state index >= 15 is 0 Å². The minimum absolute atomic E-state index is 0.200. The van der Waals surface area contributed by atoms with Crippen molar-refractivity contribution < 1.29 is 9.18 Å². The van der Waals surface area contributed by atoms with Gasteiger partial charge in [-0.25, -0.2) is 4.39 Å². The molecule has 0 aromatic heterocycles. The van der Waals surface area contributed by atoms with Crippen LogP contribution in [0.2, 0.25) is 10.0 Å². The second-order valence-electron chi connectivity index (χ2n) is 4.05. The molecule has 1 aliphatic carbocycles. The molecular formula is C11H9Cl2FO. The van der Waals surface area contributed by atoms with Crippen molar-refractivity contribution in [3.05, 3.63) is 33.8 Å². The summed E-state index contributed by atoms with van der Waals surface area (Å²) in [6.07, 6.45) is -0.731. The van der Waals surface area contributed by atoms with Crippen molar-refractivity contribution in [2.45, 2.75) is 19.5 Å². The Labute approximate surface area is 97.2 Å². The van der Waals surface area contributed by atoms with Gasteiger partial charge in [-0.3, -0.25) is 4.79 Å². The zero-order valence-corrected chi connectivity index (χ0v) is 9.57. The van der Waals surface area contributed by atoms with Gasteiger partial charge in [-0.15, -0.1) is 0 Å². The highest BCUT2D eigenvalue weighted by molar-refractivity contribution is 6.42. The zero-order valence-electron chi connectivity index (χ0n) is 8.06. The largest absolute Gasteiger partial charge is 0.293 e. The van der Waals surface area contributed by atoms with Gasteiger partial charge in [0, 0.05) is 5.56 Å². The maximum Gasteiger partial charge on any atom is 0.171 e. The van der Waals surface area contributed by atoms with Crippen LogP contribution in [-0.4, -0.2) is 12.0 Å². The van der Waals surface area contributed by atoms with Gasteiger partial charge in [0.1, 0.15) is 6.17 Å². The molecule has 0 spiro atoms. The van der Waals surface area contributed by atoms with Gasteiger partial charge in [-0.2, -0.15) is 0 Å². The summed E-state index contributed by atoms with van der Waals surface area (Å²) >= 11 is 11.5. The number of hydrogen-bond acceptors (Lipinski definition) is 1. The summed E-state index contributed by atoms with van der Waals surface area (Å²) in [6.45, 7) is 1.63. The predicted molar refractivity (Wildman–Crippen MR) is 58.4 cm³/mol. The maximum atomic E-state index is 13.0. The van der Waals surface area contributed by atoms with Crippen LogP contribution in [0.25, 0.3) is 0 Å². The molecule has 1 nitrogen and oxygen atoms in total. The van der Waals surface area contributed by atoms with Gasteiger partial charge in [0.15, 0.2) is 5.78 Å². The third kappa shape index (κ3) is 1.77. The second kappa shape index (κ2) is 3.46. The van der Waals surface area contributed by atoms with E-state index in [1.165, 1.54) is 6.07 Å². The fraction of sp³-hybridized carbons (Fsp3) is 0.364. The Morgan fingerprint density at radius 2 is 2.07 bits per heavy atom. The summed E-state index contributed by atoms with van der Waals surface area (Å²) in [5.41, 5.74) is -0.427. The molecule has 4 heteroatoms. The number of carbonyl (C=O) groups is 1. The van der Waals surface area contributed by atoms with Gasteiger partial charge in [0.05, 0.1) is 15.5 Å². The number of rotatable bonds is 2. The lowest BCUT2D eigenvalue weighted by Crippen LogP contribution is -2.15. The smallest absolute Gasteiger partial charge is 0.171 e. The lowest BCUT2D eigenvalue weighted by molar-refractivity contribution is 0.0893. The van der Waals surface area contributed by atoms with Crippen LogP contribution in [0.15, 0.2) is 18.2 Å². The maximum absolute atomic E-state index is 13.0. The molecule has 0 radical (unpaired) electrons. The van der Waals surface area contributed by atoms with Crippen molar-refractivity contribution in [2.75, 3.05) is 0 Å². The molecule has 1 aromatic carbocycles. The van der Waals surface area contributed by atoms with Crippen LogP contribution >= 0.6 is 23.2 Å². The lowest BCUT2D eigenvalue weighted by Gasteiger charge is -2.07. The molecule has 1 aliphatic rings. The fourth-order valence-corrected chi connectivity index (χ4v) is 1.81. The molecule has 2 atom stereocenters. The van der Waals surface area contributed by atoms with Gasteiger partial charge in [-0.1, -0.05) is 23.2 Å². The van der Waals surface area contributed by atoms with Crippen LogP contribution < -0.4 is 0 Å². The average Bonchev–Trinajstić information content (AvgIpc) is 2.80. The van der Waals surface area contributed by atoms with E-state index < -0.39 is 11.6 Å². The standard InChI is InChI=1S/C11H9Cl2FO/c1-11(5-9(11)14)10(15)6-2-3-7(12)8(13)4-6/h2-4,9H,5H2,1H3. The molecule has 0 bridgehead atoms. The number of halogens is 3. The van der Waals surface area contributed by atoms with E-state index in [0.29, 0.717) is 22.0 Å². The lowest BCUT2D eigenvalue weighted by atomic mass is 9.97. The first-order valence-corrected chi connectivity index (χ1v) is 5.34. The van der Waals surface area contributed by atoms with E-state index in [2.05, 4.69) is 0 Å². The van der Waals surface area contributed by atoms with Crippen LogP contribution in [-0.2, 0) is 0 Å². The molecule has 0 amide bonds. The highest BCUT2D eigenvalue weighted by atomic mass is 35.5. The van der Waals surface area contributed by atoms with Gasteiger partial charge < -0.3 is 0 Å². The van der Waals surface area contributed by atoms with Gasteiger partial charge in [0.2, 0.25) is 0 Å². The predicted octanol–water partition coefficient (Wildman–Crippen LogP) is 3.92. The SMILES string of the molecule is CC1(C(=O)c2ccc(Cl)c(Cl)c2)CC1F. The van der Waals surface area contributed by atoms with E-state index in [1.54, 1.807) is 19.1 Å². The quantitative estimate of drug-likeness (QED) is 0.723. The second-order valence-corrected chi connectivity index (χ2v) is 4.86. The Bertz CT molecular complexity index is 433. The van der Waals surface area contributed by atoms with Gasteiger partial charge >= 0.3 is 0 Å². The molecule has 0 heterocycles. The van der Waals surface area contributed by atoms with E-state index in [1.807, 2.05) is 0 Å². The van der Waals surface area contributed by atoms with E-state index in [-0.39, 0.29) is 5.78 Å². The van der Waals surface area contributed by atoms with Crippen LogP contribution in [0.1, 0.15) is 23.7 Å². The minimum Gasteiger partial charge on any atom is -0.293 e. The van der Waals surface area contributed by atoms with Crippen LogP contribution in [0.4, 0.5) is 4.39 Å². The Kier molecular flexibility index (Phi) is 2.52.